The van der Waals surface area contributed by atoms with Crippen LogP contribution >= 0.6 is 0 Å². The summed E-state index contributed by atoms with van der Waals surface area (Å²) in [5.74, 6) is 0.665. The second-order valence-electron chi connectivity index (χ2n) is 8.25. The van der Waals surface area contributed by atoms with E-state index in [2.05, 4.69) is 16.0 Å². The highest BCUT2D eigenvalue weighted by Crippen LogP contribution is 2.37. The van der Waals surface area contributed by atoms with Crippen LogP contribution in [-0.2, 0) is 4.79 Å². The molecule has 7 heteroatoms. The van der Waals surface area contributed by atoms with Gasteiger partial charge in [0.15, 0.2) is 0 Å². The largest absolute Gasteiger partial charge is 0.380 e. The maximum absolute atomic E-state index is 12.9. The molecule has 154 valence electrons. The average molecular weight is 404 g/mol. The molecular formula is C23H24N4O3. The first kappa shape index (κ1) is 18.8. The van der Waals surface area contributed by atoms with Gasteiger partial charge in [-0.2, -0.15) is 0 Å². The van der Waals surface area contributed by atoms with Gasteiger partial charge in [0.2, 0.25) is 0 Å². The molecule has 5 rings (SSSR count). The van der Waals surface area contributed by atoms with Gasteiger partial charge in [-0.3, -0.25) is 9.59 Å². The van der Waals surface area contributed by atoms with Gasteiger partial charge in [-0.15, -0.1) is 0 Å². The molecule has 30 heavy (non-hydrogen) atoms. The highest BCUT2D eigenvalue weighted by Gasteiger charge is 2.50. The molecule has 0 atom stereocenters. The molecule has 2 aromatic carbocycles. The molecule has 0 spiro atoms. The topological polar surface area (TPSA) is 89.5 Å². The summed E-state index contributed by atoms with van der Waals surface area (Å²) in [5.41, 5.74) is 3.53. The Balaban J connectivity index is 1.26. The van der Waals surface area contributed by atoms with Crippen LogP contribution in [0.1, 0.15) is 29.0 Å². The summed E-state index contributed by atoms with van der Waals surface area (Å²) in [5, 5.41) is 10.0. The molecule has 0 unspecified atom stereocenters. The van der Waals surface area contributed by atoms with Crippen LogP contribution in [0, 0.1) is 6.92 Å². The Morgan fingerprint density at radius 1 is 0.967 bits per heavy atom. The number of nitrogens with zero attached hydrogens (tertiary/aromatic N) is 3. The molecule has 1 saturated carbocycles. The summed E-state index contributed by atoms with van der Waals surface area (Å²) in [6.45, 7) is 3.84. The van der Waals surface area contributed by atoms with Crippen molar-refractivity contribution in [2.75, 3.05) is 26.2 Å². The van der Waals surface area contributed by atoms with Gasteiger partial charge in [0, 0.05) is 31.7 Å². The van der Waals surface area contributed by atoms with E-state index in [1.54, 1.807) is 9.80 Å². The van der Waals surface area contributed by atoms with Crippen molar-refractivity contribution in [2.24, 2.45) is 0 Å². The molecule has 2 fully saturated rings. The molecule has 1 saturated heterocycles. The average Bonchev–Trinajstić information content (AvgIpc) is 3.41. The number of hydrogen-bond acceptors (Lipinski definition) is 4. The third-order valence-corrected chi connectivity index (χ3v) is 6.04. The molecule has 2 N–H and O–H groups in total. The quantitative estimate of drug-likeness (QED) is 0.701. The molecule has 1 aliphatic carbocycles. The molecule has 2 aliphatic rings. The van der Waals surface area contributed by atoms with Crippen molar-refractivity contribution in [2.45, 2.75) is 25.4 Å². The lowest BCUT2D eigenvalue weighted by atomic mass is 10.0. The van der Waals surface area contributed by atoms with E-state index < -0.39 is 5.60 Å². The maximum atomic E-state index is 12.9. The molecular weight excluding hydrogens is 380 g/mol. The fraction of sp³-hybridized carbons (Fsp3) is 0.348. The Hall–Kier alpha value is -3.19. The Bertz CT molecular complexity index is 1120. The lowest BCUT2D eigenvalue weighted by Crippen LogP contribution is -2.53. The number of aryl methyl sites for hydroxylation is 1. The van der Waals surface area contributed by atoms with E-state index in [1.807, 2.05) is 43.3 Å². The van der Waals surface area contributed by atoms with Crippen molar-refractivity contribution in [1.82, 2.24) is 19.8 Å². The fourth-order valence-corrected chi connectivity index (χ4v) is 4.04. The summed E-state index contributed by atoms with van der Waals surface area (Å²) in [7, 11) is 0. The monoisotopic (exact) mass is 404 g/mol. The van der Waals surface area contributed by atoms with Crippen LogP contribution < -0.4 is 0 Å². The number of nitrogens with one attached hydrogen (secondary N) is 1. The molecule has 7 nitrogen and oxygen atoms in total. The van der Waals surface area contributed by atoms with E-state index in [4.69, 9.17) is 0 Å². The zero-order valence-corrected chi connectivity index (χ0v) is 16.9. The first-order chi connectivity index (χ1) is 14.4. The molecule has 2 amide bonds. The predicted molar refractivity (Wildman–Crippen MR) is 113 cm³/mol. The van der Waals surface area contributed by atoms with Crippen LogP contribution in [0.5, 0.6) is 0 Å². The number of rotatable bonds is 3. The van der Waals surface area contributed by atoms with Gasteiger partial charge >= 0.3 is 0 Å². The second kappa shape index (κ2) is 6.95. The zero-order valence-electron chi connectivity index (χ0n) is 16.9. The van der Waals surface area contributed by atoms with Crippen molar-refractivity contribution >= 4 is 22.8 Å². The third-order valence-electron chi connectivity index (χ3n) is 6.04. The van der Waals surface area contributed by atoms with Crippen LogP contribution in [0.25, 0.3) is 22.2 Å². The van der Waals surface area contributed by atoms with Crippen molar-refractivity contribution in [3.63, 3.8) is 0 Å². The molecule has 1 aliphatic heterocycles. The van der Waals surface area contributed by atoms with Gasteiger partial charge in [0.1, 0.15) is 11.4 Å². The van der Waals surface area contributed by atoms with Gasteiger partial charge < -0.3 is 19.9 Å². The highest BCUT2D eigenvalue weighted by molar-refractivity contribution is 5.95. The number of piperazine rings is 1. The van der Waals surface area contributed by atoms with Crippen molar-refractivity contribution in [3.8, 4) is 11.1 Å². The number of imidazole rings is 1. The summed E-state index contributed by atoms with van der Waals surface area (Å²) in [4.78, 5) is 36.2. The van der Waals surface area contributed by atoms with Crippen molar-refractivity contribution in [1.29, 1.82) is 0 Å². The van der Waals surface area contributed by atoms with E-state index in [0.717, 1.165) is 28.0 Å². The molecule has 0 bridgehead atoms. The van der Waals surface area contributed by atoms with E-state index >= 15 is 0 Å². The minimum absolute atomic E-state index is 0.0292. The SMILES string of the molecule is Cc1nc2ccc(-c3ccc(C(=O)N4CCN(C(=O)C5(O)CC5)CC4)cc3)cc2[nH]1. The number of aromatic amines is 1. The number of hydrogen-bond donors (Lipinski definition) is 2. The van der Waals surface area contributed by atoms with Gasteiger partial charge in [-0.1, -0.05) is 18.2 Å². The smallest absolute Gasteiger partial charge is 0.254 e. The van der Waals surface area contributed by atoms with Crippen LogP contribution in [0.3, 0.4) is 0 Å². The van der Waals surface area contributed by atoms with Crippen LogP contribution in [0.4, 0.5) is 0 Å². The van der Waals surface area contributed by atoms with E-state index in [1.165, 1.54) is 0 Å². The van der Waals surface area contributed by atoms with Crippen LogP contribution in [-0.4, -0.2) is 68.5 Å². The minimum Gasteiger partial charge on any atom is -0.380 e. The molecule has 2 heterocycles. The normalized spacial score (nSPS) is 17.9. The predicted octanol–water partition coefficient (Wildman–Crippen LogP) is 2.35. The molecule has 3 aromatic rings. The first-order valence-corrected chi connectivity index (χ1v) is 10.3. The number of amides is 2. The Kier molecular flexibility index (Phi) is 4.36. The van der Waals surface area contributed by atoms with Gasteiger partial charge in [-0.25, -0.2) is 4.98 Å². The zero-order chi connectivity index (χ0) is 20.9. The first-order valence-electron chi connectivity index (χ1n) is 10.3. The summed E-state index contributed by atoms with van der Waals surface area (Å²) in [6.07, 6.45) is 1.09. The number of carbonyl (C=O) groups excluding carboxylic acids is 2. The lowest BCUT2D eigenvalue weighted by molar-refractivity contribution is -0.143. The standard InChI is InChI=1S/C23H24N4O3/c1-15-24-19-7-6-18(14-20(19)25-15)16-2-4-17(5-3-16)21(28)26-10-12-27(13-11-26)22(29)23(30)8-9-23/h2-7,14,30H,8-13H2,1H3,(H,24,25). The lowest BCUT2D eigenvalue weighted by Gasteiger charge is -2.35. The van der Waals surface area contributed by atoms with Crippen molar-refractivity contribution in [3.05, 3.63) is 53.9 Å². The second-order valence-corrected chi connectivity index (χ2v) is 8.25. The fourth-order valence-electron chi connectivity index (χ4n) is 4.04. The van der Waals surface area contributed by atoms with E-state index in [9.17, 15) is 14.7 Å². The van der Waals surface area contributed by atoms with Crippen LogP contribution in [0.15, 0.2) is 42.5 Å². The maximum Gasteiger partial charge on any atom is 0.254 e. The van der Waals surface area contributed by atoms with Gasteiger partial charge in [0.05, 0.1) is 11.0 Å². The molecule has 1 aromatic heterocycles. The Morgan fingerprint density at radius 2 is 1.60 bits per heavy atom. The van der Waals surface area contributed by atoms with Crippen molar-refractivity contribution < 1.29 is 14.7 Å². The van der Waals surface area contributed by atoms with Gasteiger partial charge in [0.25, 0.3) is 11.8 Å². The number of aromatic nitrogens is 2. The number of aliphatic hydroxyl groups is 1. The number of benzene rings is 2. The highest BCUT2D eigenvalue weighted by atomic mass is 16.3. The summed E-state index contributed by atoms with van der Waals surface area (Å²) >= 11 is 0. The third kappa shape index (κ3) is 3.35. The van der Waals surface area contributed by atoms with E-state index in [-0.39, 0.29) is 11.8 Å². The van der Waals surface area contributed by atoms with E-state index in [0.29, 0.717) is 44.6 Å². The minimum atomic E-state index is -1.14. The Labute approximate surface area is 174 Å². The summed E-state index contributed by atoms with van der Waals surface area (Å²) in [6, 6.07) is 13.7. The summed E-state index contributed by atoms with van der Waals surface area (Å²) < 4.78 is 0. The van der Waals surface area contributed by atoms with Crippen LogP contribution in [0.2, 0.25) is 0 Å². The number of carbonyl (C=O) groups is 2. The number of H-pyrrole nitrogens is 1. The molecule has 0 radical (unpaired) electrons. The Morgan fingerprint density at radius 3 is 2.27 bits per heavy atom. The number of fused-ring (bicyclic) bond motifs is 1. The van der Waals surface area contributed by atoms with Gasteiger partial charge in [-0.05, 0) is 55.2 Å².